The van der Waals surface area contributed by atoms with Gasteiger partial charge in [-0.3, -0.25) is 4.90 Å². The summed E-state index contributed by atoms with van der Waals surface area (Å²) in [6.07, 6.45) is 2.44. The Labute approximate surface area is 129 Å². The van der Waals surface area contributed by atoms with Crippen LogP contribution in [0.15, 0.2) is 35.2 Å². The van der Waals surface area contributed by atoms with Crippen LogP contribution in [-0.2, 0) is 6.54 Å². The van der Waals surface area contributed by atoms with E-state index < -0.39 is 0 Å². The van der Waals surface area contributed by atoms with Crippen LogP contribution in [0.25, 0.3) is 0 Å². The highest BCUT2D eigenvalue weighted by molar-refractivity contribution is 7.07. The third-order valence-corrected chi connectivity index (χ3v) is 4.40. The van der Waals surface area contributed by atoms with Crippen molar-refractivity contribution in [1.82, 2.24) is 9.88 Å². The second-order valence-corrected chi connectivity index (χ2v) is 5.97. The quantitative estimate of drug-likeness (QED) is 0.849. The molecular weight excluding hydrogens is 284 g/mol. The summed E-state index contributed by atoms with van der Waals surface area (Å²) in [6.45, 7) is 3.09. The summed E-state index contributed by atoms with van der Waals surface area (Å²) in [5.74, 6) is 1.79. The maximum Gasteiger partial charge on any atom is 0.119 e. The molecular formula is C16H20N2O2S. The van der Waals surface area contributed by atoms with Crippen LogP contribution in [0.4, 0.5) is 0 Å². The number of ether oxygens (including phenoxy) is 2. The molecule has 0 amide bonds. The summed E-state index contributed by atoms with van der Waals surface area (Å²) in [4.78, 5) is 6.79. The van der Waals surface area contributed by atoms with Gasteiger partial charge in [-0.2, -0.15) is 0 Å². The molecule has 21 heavy (non-hydrogen) atoms. The predicted octanol–water partition coefficient (Wildman–Crippen LogP) is 3.20. The fraction of sp³-hybridized carbons (Fsp3) is 0.438. The van der Waals surface area contributed by atoms with E-state index in [1.165, 1.54) is 5.69 Å². The maximum absolute atomic E-state index is 6.04. The van der Waals surface area contributed by atoms with Crippen molar-refractivity contribution in [2.45, 2.75) is 25.5 Å². The Morgan fingerprint density at radius 2 is 1.90 bits per heavy atom. The normalized spacial score (nSPS) is 16.8. The van der Waals surface area contributed by atoms with Crippen molar-refractivity contribution < 1.29 is 9.47 Å². The molecule has 0 saturated carbocycles. The molecule has 3 rings (SSSR count). The van der Waals surface area contributed by atoms with Crippen LogP contribution in [0.2, 0.25) is 0 Å². The van der Waals surface area contributed by atoms with Gasteiger partial charge in [0.15, 0.2) is 0 Å². The van der Waals surface area contributed by atoms with Gasteiger partial charge in [0.2, 0.25) is 0 Å². The van der Waals surface area contributed by atoms with E-state index in [4.69, 9.17) is 9.47 Å². The Bertz CT molecular complexity index is 534. The van der Waals surface area contributed by atoms with Crippen LogP contribution in [0, 0.1) is 0 Å². The van der Waals surface area contributed by atoms with E-state index in [2.05, 4.69) is 15.3 Å². The molecule has 1 aliphatic rings. The van der Waals surface area contributed by atoms with Gasteiger partial charge in [-0.05, 0) is 37.1 Å². The Kier molecular flexibility index (Phi) is 4.72. The molecule has 0 atom stereocenters. The van der Waals surface area contributed by atoms with Crippen molar-refractivity contribution in [2.75, 3.05) is 20.2 Å². The fourth-order valence-electron chi connectivity index (χ4n) is 2.58. The second kappa shape index (κ2) is 6.91. The Morgan fingerprint density at radius 3 is 2.52 bits per heavy atom. The molecule has 1 aromatic carbocycles. The lowest BCUT2D eigenvalue weighted by molar-refractivity contribution is 0.0962. The van der Waals surface area contributed by atoms with Crippen molar-refractivity contribution in [3.63, 3.8) is 0 Å². The Hall–Kier alpha value is -1.59. The smallest absolute Gasteiger partial charge is 0.119 e. The number of aromatic nitrogens is 1. The molecule has 2 heterocycles. The molecule has 0 radical (unpaired) electrons. The summed E-state index contributed by atoms with van der Waals surface area (Å²) < 4.78 is 11.2. The number of methoxy groups -OCH3 is 1. The highest BCUT2D eigenvalue weighted by Crippen LogP contribution is 2.22. The van der Waals surface area contributed by atoms with E-state index >= 15 is 0 Å². The first-order valence-corrected chi connectivity index (χ1v) is 8.18. The van der Waals surface area contributed by atoms with E-state index in [0.717, 1.165) is 44.0 Å². The highest BCUT2D eigenvalue weighted by Gasteiger charge is 2.20. The van der Waals surface area contributed by atoms with Crippen molar-refractivity contribution in [3.8, 4) is 11.5 Å². The number of piperidine rings is 1. The lowest BCUT2D eigenvalue weighted by Crippen LogP contribution is -2.37. The number of hydrogen-bond acceptors (Lipinski definition) is 5. The molecule has 1 aliphatic heterocycles. The molecule has 0 aliphatic carbocycles. The second-order valence-electron chi connectivity index (χ2n) is 5.25. The van der Waals surface area contributed by atoms with Gasteiger partial charge in [0, 0.05) is 25.0 Å². The van der Waals surface area contributed by atoms with Crippen molar-refractivity contribution in [2.24, 2.45) is 0 Å². The zero-order valence-electron chi connectivity index (χ0n) is 12.2. The molecule has 0 N–H and O–H groups in total. The van der Waals surface area contributed by atoms with Gasteiger partial charge in [-0.1, -0.05) is 0 Å². The first-order valence-electron chi connectivity index (χ1n) is 7.23. The molecule has 1 aromatic heterocycles. The zero-order valence-corrected chi connectivity index (χ0v) is 13.0. The number of rotatable bonds is 5. The lowest BCUT2D eigenvalue weighted by Gasteiger charge is -2.31. The molecule has 5 heteroatoms. The summed E-state index contributed by atoms with van der Waals surface area (Å²) in [7, 11) is 1.67. The number of hydrogen-bond donors (Lipinski definition) is 0. The average Bonchev–Trinajstić information content (AvgIpc) is 3.03. The van der Waals surface area contributed by atoms with E-state index in [-0.39, 0.29) is 0 Å². The van der Waals surface area contributed by atoms with Gasteiger partial charge in [-0.15, -0.1) is 11.3 Å². The largest absolute Gasteiger partial charge is 0.497 e. The minimum atomic E-state index is 0.310. The van der Waals surface area contributed by atoms with Crippen molar-refractivity contribution in [1.29, 1.82) is 0 Å². The lowest BCUT2D eigenvalue weighted by atomic mass is 10.1. The van der Waals surface area contributed by atoms with Crippen molar-refractivity contribution >= 4 is 11.3 Å². The van der Waals surface area contributed by atoms with E-state index in [1.807, 2.05) is 29.8 Å². The highest BCUT2D eigenvalue weighted by atomic mass is 32.1. The summed E-state index contributed by atoms with van der Waals surface area (Å²) in [5.41, 5.74) is 3.07. The molecule has 4 nitrogen and oxygen atoms in total. The van der Waals surface area contributed by atoms with Gasteiger partial charge in [0.25, 0.3) is 0 Å². The number of nitrogens with zero attached hydrogens (tertiary/aromatic N) is 2. The number of benzene rings is 1. The molecule has 1 saturated heterocycles. The van der Waals surface area contributed by atoms with Crippen LogP contribution in [0.1, 0.15) is 18.5 Å². The monoisotopic (exact) mass is 304 g/mol. The summed E-state index contributed by atoms with van der Waals surface area (Å²) >= 11 is 1.66. The van der Waals surface area contributed by atoms with Crippen LogP contribution >= 0.6 is 11.3 Å². The molecule has 0 unspecified atom stereocenters. The van der Waals surface area contributed by atoms with Gasteiger partial charge >= 0.3 is 0 Å². The number of likely N-dealkylation sites (tertiary alicyclic amines) is 1. The van der Waals surface area contributed by atoms with Crippen LogP contribution < -0.4 is 9.47 Å². The maximum atomic E-state index is 6.04. The van der Waals surface area contributed by atoms with Gasteiger partial charge in [-0.25, -0.2) is 4.98 Å². The standard InChI is InChI=1S/C16H20N2O2S/c1-19-14-2-4-15(5-3-14)20-16-6-8-18(9-7-16)10-13-11-21-12-17-13/h2-5,11-12,16H,6-10H2,1H3. The van der Waals surface area contributed by atoms with Crippen molar-refractivity contribution in [3.05, 3.63) is 40.8 Å². The third kappa shape index (κ3) is 3.95. The third-order valence-electron chi connectivity index (χ3n) is 3.77. The topological polar surface area (TPSA) is 34.6 Å². The van der Waals surface area contributed by atoms with Gasteiger partial charge in [0.1, 0.15) is 17.6 Å². The fourth-order valence-corrected chi connectivity index (χ4v) is 3.13. The minimum Gasteiger partial charge on any atom is -0.497 e. The molecule has 2 aromatic rings. The first-order chi connectivity index (χ1) is 10.3. The Balaban J connectivity index is 1.46. The van der Waals surface area contributed by atoms with Crippen LogP contribution in [0.3, 0.4) is 0 Å². The van der Waals surface area contributed by atoms with E-state index in [1.54, 1.807) is 18.4 Å². The van der Waals surface area contributed by atoms with Gasteiger partial charge < -0.3 is 9.47 Å². The summed E-state index contributed by atoms with van der Waals surface area (Å²) in [6, 6.07) is 7.82. The first kappa shape index (κ1) is 14.4. The zero-order chi connectivity index (χ0) is 14.5. The van der Waals surface area contributed by atoms with Crippen LogP contribution in [-0.4, -0.2) is 36.2 Å². The van der Waals surface area contributed by atoms with E-state index in [0.29, 0.717) is 6.10 Å². The predicted molar refractivity (Wildman–Crippen MR) is 84.0 cm³/mol. The molecule has 1 fully saturated rings. The summed E-state index contributed by atoms with van der Waals surface area (Å²) in [5, 5.41) is 2.12. The molecule has 112 valence electrons. The van der Waals surface area contributed by atoms with Crippen LogP contribution in [0.5, 0.6) is 11.5 Å². The SMILES string of the molecule is COc1ccc(OC2CCN(Cc3cscn3)CC2)cc1. The average molecular weight is 304 g/mol. The minimum absolute atomic E-state index is 0.310. The molecule has 0 bridgehead atoms. The van der Waals surface area contributed by atoms with Gasteiger partial charge in [0.05, 0.1) is 18.3 Å². The van der Waals surface area contributed by atoms with E-state index in [9.17, 15) is 0 Å². The molecule has 0 spiro atoms. The Morgan fingerprint density at radius 1 is 1.19 bits per heavy atom. The number of thiazole rings is 1.